The Morgan fingerprint density at radius 1 is 0.435 bits per heavy atom. The van der Waals surface area contributed by atoms with Crippen molar-refractivity contribution >= 4 is 51.5 Å². The molecule has 7 heteroatoms. The third-order valence-corrected chi connectivity index (χ3v) is 14.9. The lowest BCUT2D eigenvalue weighted by atomic mass is 9.67. The number of pyridine rings is 2. The molecule has 7 aromatic carbocycles. The largest absolute Gasteiger partial charge is 0.308 e. The van der Waals surface area contributed by atoms with E-state index in [0.717, 1.165) is 67.1 Å². The highest BCUT2D eigenvalue weighted by Crippen LogP contribution is 2.65. The number of rotatable bonds is 4. The van der Waals surface area contributed by atoms with E-state index in [4.69, 9.17) is 19.9 Å². The van der Waals surface area contributed by atoms with Crippen LogP contribution in [0, 0.1) is 0 Å². The number of fused-ring (bicyclic) bond motifs is 13. The van der Waals surface area contributed by atoms with E-state index in [2.05, 4.69) is 181 Å². The Kier molecular flexibility index (Phi) is 7.92. The first-order chi connectivity index (χ1) is 30.8. The van der Waals surface area contributed by atoms with Crippen molar-refractivity contribution < 1.29 is 0 Å². The molecule has 0 saturated heterocycles. The smallest absolute Gasteiger partial charge is 0.161 e. The van der Waals surface area contributed by atoms with Crippen molar-refractivity contribution in [3.05, 3.63) is 223 Å². The van der Waals surface area contributed by atoms with Crippen molar-refractivity contribution in [2.24, 2.45) is 0 Å². The summed E-state index contributed by atoms with van der Waals surface area (Å²) in [6.45, 7) is 0. The summed E-state index contributed by atoms with van der Waals surface area (Å²) in [7, 11) is 0. The molecule has 3 aliphatic rings. The van der Waals surface area contributed by atoms with Gasteiger partial charge in [0.15, 0.2) is 5.82 Å². The van der Waals surface area contributed by atoms with E-state index >= 15 is 0 Å². The average molecular weight is 828 g/mol. The van der Waals surface area contributed by atoms with Gasteiger partial charge < -0.3 is 4.90 Å². The zero-order chi connectivity index (χ0) is 40.8. The molecule has 0 radical (unpaired) electrons. The molecular formula is C55H33N5S2. The molecule has 3 aromatic heterocycles. The van der Waals surface area contributed by atoms with Crippen molar-refractivity contribution in [2.75, 3.05) is 4.90 Å². The van der Waals surface area contributed by atoms with Gasteiger partial charge in [-0.15, -0.1) is 0 Å². The van der Waals surface area contributed by atoms with Crippen LogP contribution in [0.4, 0.5) is 17.1 Å². The van der Waals surface area contributed by atoms with Crippen LogP contribution in [-0.4, -0.2) is 19.9 Å². The number of aromatic nitrogens is 4. The second kappa shape index (κ2) is 13.9. The SMILES string of the molecule is c1ccc(-c2nc(-c3ccccc3-c3cnc4c(c3)C3(c5ccccc5Sc5c3ccc3c5Sc5ccccc5N3c3ccccc3)c3cccnc3-4)nc3ccccc23)cc1. The maximum Gasteiger partial charge on any atom is 0.161 e. The fourth-order valence-electron chi connectivity index (χ4n) is 9.82. The standard InChI is InChI=1S/C55H33N5S2/c1-3-16-34(17-4-1)49-39-22-9-11-25-44(39)58-54(59-49)38-21-8-7-20-37(38)35-32-43-51(57-33-35)50-41(24-15-31-56-50)55(43)40-23-10-13-27-47(40)61-52-42(55)29-30-46-53(52)62-48-28-14-12-26-45(48)60(46)36-18-5-2-6-19-36/h1-33H. The number of nitrogens with zero attached hydrogens (tertiary/aromatic N) is 5. The molecular weight excluding hydrogens is 795 g/mol. The molecule has 290 valence electrons. The average Bonchev–Trinajstić information content (AvgIpc) is 3.63. The number of benzene rings is 7. The van der Waals surface area contributed by atoms with Gasteiger partial charge in [-0.1, -0.05) is 157 Å². The highest BCUT2D eigenvalue weighted by molar-refractivity contribution is 8.02. The number of hydrogen-bond donors (Lipinski definition) is 0. The predicted octanol–water partition coefficient (Wildman–Crippen LogP) is 14.2. The highest BCUT2D eigenvalue weighted by Gasteiger charge is 2.52. The van der Waals surface area contributed by atoms with Gasteiger partial charge in [0.2, 0.25) is 0 Å². The minimum absolute atomic E-state index is 0.676. The minimum Gasteiger partial charge on any atom is -0.308 e. The Balaban J connectivity index is 1.05. The van der Waals surface area contributed by atoms with Crippen molar-refractivity contribution in [3.8, 4) is 45.2 Å². The highest BCUT2D eigenvalue weighted by atomic mass is 32.2. The van der Waals surface area contributed by atoms with Crippen LogP contribution in [0.3, 0.4) is 0 Å². The Morgan fingerprint density at radius 3 is 2.02 bits per heavy atom. The third-order valence-electron chi connectivity index (χ3n) is 12.4. The predicted molar refractivity (Wildman–Crippen MR) is 252 cm³/mol. The zero-order valence-corrected chi connectivity index (χ0v) is 34.7. The maximum absolute atomic E-state index is 5.37. The van der Waals surface area contributed by atoms with Gasteiger partial charge in [0.1, 0.15) is 0 Å². The van der Waals surface area contributed by atoms with Gasteiger partial charge in [0.25, 0.3) is 0 Å². The zero-order valence-electron chi connectivity index (χ0n) is 33.1. The summed E-state index contributed by atoms with van der Waals surface area (Å²) in [5, 5.41) is 1.02. The molecule has 1 spiro atoms. The first kappa shape index (κ1) is 35.4. The van der Waals surface area contributed by atoms with Crippen molar-refractivity contribution in [3.63, 3.8) is 0 Å². The molecule has 0 saturated carbocycles. The van der Waals surface area contributed by atoms with E-state index in [1.807, 2.05) is 48.1 Å². The monoisotopic (exact) mass is 827 g/mol. The summed E-state index contributed by atoms with van der Waals surface area (Å²) >= 11 is 3.74. The number of para-hydroxylation sites is 3. The summed E-state index contributed by atoms with van der Waals surface area (Å²) in [6.07, 6.45) is 3.91. The fourth-order valence-corrected chi connectivity index (χ4v) is 12.4. The molecule has 2 aliphatic heterocycles. The number of hydrogen-bond acceptors (Lipinski definition) is 7. The van der Waals surface area contributed by atoms with Gasteiger partial charge in [-0.25, -0.2) is 9.97 Å². The van der Waals surface area contributed by atoms with Crippen LogP contribution in [-0.2, 0) is 5.41 Å². The van der Waals surface area contributed by atoms with E-state index in [-0.39, 0.29) is 0 Å². The molecule has 0 fully saturated rings. The van der Waals surface area contributed by atoms with Crippen LogP contribution in [0.25, 0.3) is 56.1 Å². The van der Waals surface area contributed by atoms with Gasteiger partial charge in [0, 0.05) is 60.4 Å². The van der Waals surface area contributed by atoms with Crippen LogP contribution < -0.4 is 4.90 Å². The van der Waals surface area contributed by atoms with Crippen LogP contribution in [0.5, 0.6) is 0 Å². The second-order valence-corrected chi connectivity index (χ2v) is 17.8. The quantitative estimate of drug-likeness (QED) is 0.175. The van der Waals surface area contributed by atoms with E-state index < -0.39 is 5.41 Å². The van der Waals surface area contributed by atoms with Crippen molar-refractivity contribution in [1.82, 2.24) is 19.9 Å². The van der Waals surface area contributed by atoms with Gasteiger partial charge >= 0.3 is 0 Å². The molecule has 0 bridgehead atoms. The van der Waals surface area contributed by atoms with Gasteiger partial charge in [-0.2, -0.15) is 0 Å². The van der Waals surface area contributed by atoms with Gasteiger partial charge in [-0.05, 0) is 76.9 Å². The number of anilines is 3. The van der Waals surface area contributed by atoms with Gasteiger partial charge in [0.05, 0.1) is 44.3 Å². The Hall–Kier alpha value is -7.32. The van der Waals surface area contributed by atoms with E-state index in [1.54, 1.807) is 0 Å². The summed E-state index contributed by atoms with van der Waals surface area (Å²) in [6, 6.07) is 67.0. The van der Waals surface area contributed by atoms with Crippen molar-refractivity contribution in [2.45, 2.75) is 25.0 Å². The lowest BCUT2D eigenvalue weighted by Crippen LogP contribution is -2.32. The van der Waals surface area contributed by atoms with Crippen molar-refractivity contribution in [1.29, 1.82) is 0 Å². The van der Waals surface area contributed by atoms with E-state index in [9.17, 15) is 0 Å². The Labute approximate surface area is 367 Å². The molecule has 1 unspecified atom stereocenters. The first-order valence-corrected chi connectivity index (χ1v) is 22.3. The van der Waals surface area contributed by atoms with Gasteiger partial charge in [-0.3, -0.25) is 9.97 Å². The Morgan fingerprint density at radius 2 is 1.13 bits per heavy atom. The molecule has 1 atom stereocenters. The van der Waals surface area contributed by atoms with E-state index in [0.29, 0.717) is 5.82 Å². The summed E-state index contributed by atoms with van der Waals surface area (Å²) in [4.78, 5) is 28.4. The summed E-state index contributed by atoms with van der Waals surface area (Å²) in [5.74, 6) is 0.676. The molecule has 62 heavy (non-hydrogen) atoms. The van der Waals surface area contributed by atoms with Crippen LogP contribution >= 0.6 is 23.5 Å². The topological polar surface area (TPSA) is 54.8 Å². The van der Waals surface area contributed by atoms with Crippen LogP contribution in [0.15, 0.2) is 220 Å². The third kappa shape index (κ3) is 5.13. The molecule has 13 rings (SSSR count). The van der Waals surface area contributed by atoms with Crippen LogP contribution in [0.1, 0.15) is 22.3 Å². The normalized spacial score (nSPS) is 15.3. The lowest BCUT2D eigenvalue weighted by Gasteiger charge is -2.42. The summed E-state index contributed by atoms with van der Waals surface area (Å²) < 4.78 is 0. The molecule has 0 N–H and O–H groups in total. The lowest BCUT2D eigenvalue weighted by molar-refractivity contribution is 0.711. The van der Waals surface area contributed by atoms with E-state index in [1.165, 1.54) is 42.1 Å². The second-order valence-electron chi connectivity index (χ2n) is 15.7. The molecule has 10 aromatic rings. The minimum atomic E-state index is -0.682. The fraction of sp³-hybridized carbons (Fsp3) is 0.0182. The summed E-state index contributed by atoms with van der Waals surface area (Å²) in [5.41, 5.74) is 15.2. The Bertz CT molecular complexity index is 3450. The molecule has 0 amide bonds. The molecule has 1 aliphatic carbocycles. The molecule has 5 nitrogen and oxygen atoms in total. The first-order valence-electron chi connectivity index (χ1n) is 20.7. The van der Waals surface area contributed by atoms with Crippen LogP contribution in [0.2, 0.25) is 0 Å². The maximum atomic E-state index is 5.37. The molecule has 5 heterocycles.